The second-order valence-corrected chi connectivity index (χ2v) is 2.17. The van der Waals surface area contributed by atoms with E-state index >= 15 is 0 Å². The molecule has 0 bridgehead atoms. The summed E-state index contributed by atoms with van der Waals surface area (Å²) in [5, 5.41) is 0.847. The van der Waals surface area contributed by atoms with Gasteiger partial charge in [0.1, 0.15) is 5.35 Å². The predicted octanol–water partition coefficient (Wildman–Crippen LogP) is 0.750. The molecule has 11 heavy (non-hydrogen) atoms. The van der Waals surface area contributed by atoms with Crippen LogP contribution in [0.15, 0.2) is 17.1 Å². The Bertz CT molecular complexity index is 359. The van der Waals surface area contributed by atoms with Crippen LogP contribution in [0.3, 0.4) is 0 Å². The molecule has 0 fully saturated rings. The van der Waals surface area contributed by atoms with Crippen LogP contribution in [0.2, 0.25) is 0 Å². The van der Waals surface area contributed by atoms with Crippen molar-refractivity contribution < 1.29 is 4.42 Å². The fourth-order valence-corrected chi connectivity index (χ4v) is 0.897. The first-order chi connectivity index (χ1) is 5.27. The average molecular weight is 149 g/mol. The lowest BCUT2D eigenvalue weighted by Crippen LogP contribution is -2.20. The molecule has 0 aliphatic heterocycles. The molecule has 0 aliphatic carbocycles. The molecule has 0 amide bonds. The van der Waals surface area contributed by atoms with Crippen molar-refractivity contribution in [3.05, 3.63) is 29.3 Å². The van der Waals surface area contributed by atoms with Crippen LogP contribution in [0.25, 0.3) is 12.2 Å². The number of aryl methyl sites for hydroxylation is 1. The van der Waals surface area contributed by atoms with Crippen molar-refractivity contribution in [1.29, 1.82) is 0 Å². The summed E-state index contributed by atoms with van der Waals surface area (Å²) in [6.45, 7) is 7.33. The van der Waals surface area contributed by atoms with Gasteiger partial charge in [-0.2, -0.15) is 0 Å². The van der Waals surface area contributed by atoms with Gasteiger partial charge < -0.3 is 4.42 Å². The van der Waals surface area contributed by atoms with Crippen LogP contribution in [0, 0.1) is 6.92 Å². The molecule has 2 heteroatoms. The standard InChI is InChI=1S/C9H11NO/c1-4-6-8-9(5-2)11-7(3)10-8/h4-6H,1H2,2-3H3/b8-6+,9-5+. The second-order valence-electron chi connectivity index (χ2n) is 2.17. The molecule has 0 aliphatic rings. The lowest BCUT2D eigenvalue weighted by atomic mass is 10.4. The Morgan fingerprint density at radius 3 is 2.82 bits per heavy atom. The minimum absolute atomic E-state index is 0.686. The van der Waals surface area contributed by atoms with Gasteiger partial charge in [-0.05, 0) is 19.1 Å². The molecule has 58 valence electrons. The Labute approximate surface area is 65.6 Å². The summed E-state index contributed by atoms with van der Waals surface area (Å²) in [6, 6.07) is 0. The van der Waals surface area contributed by atoms with E-state index in [1.807, 2.05) is 26.0 Å². The van der Waals surface area contributed by atoms with Gasteiger partial charge in [-0.25, -0.2) is 4.98 Å². The Morgan fingerprint density at radius 1 is 1.55 bits per heavy atom. The van der Waals surface area contributed by atoms with Crippen LogP contribution >= 0.6 is 0 Å². The Hall–Kier alpha value is -1.31. The smallest absolute Gasteiger partial charge is 0.192 e. The third-order valence-corrected chi connectivity index (χ3v) is 1.33. The lowest BCUT2D eigenvalue weighted by molar-refractivity contribution is 0.491. The molecular formula is C9H11NO. The van der Waals surface area contributed by atoms with E-state index in [0.717, 1.165) is 10.8 Å². The number of rotatable bonds is 1. The molecule has 0 radical (unpaired) electrons. The molecule has 1 aromatic rings. The number of aromatic nitrogens is 1. The molecule has 2 nitrogen and oxygen atoms in total. The van der Waals surface area contributed by atoms with Gasteiger partial charge in [-0.1, -0.05) is 12.7 Å². The number of hydrogen-bond acceptors (Lipinski definition) is 2. The predicted molar refractivity (Wildman–Crippen MR) is 45.3 cm³/mol. The van der Waals surface area contributed by atoms with E-state index < -0.39 is 0 Å². The van der Waals surface area contributed by atoms with E-state index in [4.69, 9.17) is 4.42 Å². The van der Waals surface area contributed by atoms with Crippen LogP contribution in [0.5, 0.6) is 0 Å². The molecule has 1 aromatic heterocycles. The van der Waals surface area contributed by atoms with Crippen molar-refractivity contribution in [1.82, 2.24) is 4.98 Å². The molecule has 0 spiro atoms. The minimum atomic E-state index is 0.686. The van der Waals surface area contributed by atoms with Gasteiger partial charge in [0.25, 0.3) is 0 Å². The Balaban J connectivity index is 3.47. The molecule has 0 aromatic carbocycles. The number of hydrogen-bond donors (Lipinski definition) is 0. The first-order valence-corrected chi connectivity index (χ1v) is 3.50. The summed E-state index contributed by atoms with van der Waals surface area (Å²) in [5.41, 5.74) is 0.808. The first-order valence-electron chi connectivity index (χ1n) is 3.50. The quantitative estimate of drug-likeness (QED) is 0.589. The van der Waals surface area contributed by atoms with Crippen LogP contribution in [-0.2, 0) is 0 Å². The maximum Gasteiger partial charge on any atom is 0.192 e. The van der Waals surface area contributed by atoms with Gasteiger partial charge in [0.05, 0.1) is 0 Å². The summed E-state index contributed by atoms with van der Waals surface area (Å²) >= 11 is 0. The van der Waals surface area contributed by atoms with Crippen molar-refractivity contribution in [2.75, 3.05) is 0 Å². The average Bonchev–Trinajstić information content (AvgIpc) is 2.32. The maximum atomic E-state index is 5.27. The van der Waals surface area contributed by atoms with E-state index in [1.54, 1.807) is 6.08 Å². The Morgan fingerprint density at radius 2 is 2.27 bits per heavy atom. The highest BCUT2D eigenvalue weighted by Gasteiger charge is 1.91. The molecule has 1 rings (SSSR count). The Kier molecular flexibility index (Phi) is 2.26. The van der Waals surface area contributed by atoms with Gasteiger partial charge in [-0.15, -0.1) is 0 Å². The summed E-state index contributed by atoms with van der Waals surface area (Å²) in [7, 11) is 0. The normalized spacial score (nSPS) is 14.0. The third-order valence-electron chi connectivity index (χ3n) is 1.33. The van der Waals surface area contributed by atoms with Gasteiger partial charge >= 0.3 is 0 Å². The van der Waals surface area contributed by atoms with Crippen molar-refractivity contribution in [2.24, 2.45) is 0 Å². The minimum Gasteiger partial charge on any atom is -0.441 e. The topological polar surface area (TPSA) is 26.0 Å². The van der Waals surface area contributed by atoms with Gasteiger partial charge in [0.2, 0.25) is 0 Å². The van der Waals surface area contributed by atoms with E-state index in [1.165, 1.54) is 0 Å². The van der Waals surface area contributed by atoms with E-state index in [2.05, 4.69) is 11.6 Å². The summed E-state index contributed by atoms with van der Waals surface area (Å²) in [4.78, 5) is 4.15. The van der Waals surface area contributed by atoms with Gasteiger partial charge in [0.15, 0.2) is 11.3 Å². The van der Waals surface area contributed by atoms with Gasteiger partial charge in [-0.3, -0.25) is 0 Å². The fourth-order valence-electron chi connectivity index (χ4n) is 0.897. The zero-order valence-corrected chi connectivity index (χ0v) is 6.79. The highest BCUT2D eigenvalue weighted by Crippen LogP contribution is 1.79. The molecule has 0 saturated heterocycles. The molecule has 0 unspecified atom stereocenters. The van der Waals surface area contributed by atoms with E-state index in [-0.39, 0.29) is 0 Å². The highest BCUT2D eigenvalue weighted by atomic mass is 16.3. The molecular weight excluding hydrogens is 138 g/mol. The van der Waals surface area contributed by atoms with Crippen LogP contribution in [0.1, 0.15) is 12.8 Å². The SMILES string of the molecule is C=C/C=c1/nc(C)o/c1=C/C. The zero-order valence-electron chi connectivity index (χ0n) is 6.79. The monoisotopic (exact) mass is 149 g/mol. The zero-order chi connectivity index (χ0) is 8.27. The maximum absolute atomic E-state index is 5.27. The molecule has 1 heterocycles. The van der Waals surface area contributed by atoms with Crippen molar-refractivity contribution in [3.8, 4) is 0 Å². The summed E-state index contributed by atoms with van der Waals surface area (Å²) < 4.78 is 5.27. The number of nitrogens with zero attached hydrogens (tertiary/aromatic N) is 1. The second kappa shape index (κ2) is 3.19. The van der Waals surface area contributed by atoms with Crippen molar-refractivity contribution >= 4 is 12.2 Å². The van der Waals surface area contributed by atoms with Crippen molar-refractivity contribution in [2.45, 2.75) is 13.8 Å². The van der Waals surface area contributed by atoms with E-state index in [9.17, 15) is 0 Å². The number of allylic oxidation sites excluding steroid dienone is 1. The molecule has 0 atom stereocenters. The number of oxazole rings is 1. The van der Waals surface area contributed by atoms with Crippen LogP contribution in [0.4, 0.5) is 0 Å². The fraction of sp³-hybridized carbons (Fsp3) is 0.222. The van der Waals surface area contributed by atoms with Crippen molar-refractivity contribution in [3.63, 3.8) is 0 Å². The first kappa shape index (κ1) is 7.79. The van der Waals surface area contributed by atoms with Crippen LogP contribution < -0.4 is 10.8 Å². The molecule has 0 saturated carbocycles. The molecule has 0 N–H and O–H groups in total. The van der Waals surface area contributed by atoms with Crippen LogP contribution in [-0.4, -0.2) is 4.98 Å². The highest BCUT2D eigenvalue weighted by molar-refractivity contribution is 5.33. The lowest BCUT2D eigenvalue weighted by Gasteiger charge is -1.71. The third kappa shape index (κ3) is 1.58. The summed E-state index contributed by atoms with van der Waals surface area (Å²) in [6.07, 6.45) is 5.41. The summed E-state index contributed by atoms with van der Waals surface area (Å²) in [5.74, 6) is 0.686. The largest absolute Gasteiger partial charge is 0.441 e. The van der Waals surface area contributed by atoms with Gasteiger partial charge in [0, 0.05) is 6.92 Å². The van der Waals surface area contributed by atoms with E-state index in [0.29, 0.717) is 5.89 Å².